The Bertz CT molecular complexity index is 286. The summed E-state index contributed by atoms with van der Waals surface area (Å²) in [6.45, 7) is -1.11. The van der Waals surface area contributed by atoms with Crippen LogP contribution < -0.4 is 0 Å². The second-order valence-electron chi connectivity index (χ2n) is 3.31. The molecule has 0 spiro atoms. The Morgan fingerprint density at radius 2 is 1.57 bits per heavy atom. The van der Waals surface area contributed by atoms with Gasteiger partial charge < -0.3 is 20.4 Å². The van der Waals surface area contributed by atoms with Gasteiger partial charge in [-0.2, -0.15) is 0 Å². The molecule has 4 heteroatoms. The average Bonchev–Trinajstić information content (AvgIpc) is 2.22. The zero-order valence-corrected chi connectivity index (χ0v) is 7.72. The zero-order chi connectivity index (χ0) is 10.6. The van der Waals surface area contributed by atoms with E-state index in [0.717, 1.165) is 0 Å². The number of rotatable bonds is 4. The Balaban J connectivity index is 3.10. The number of phenolic OH excluding ortho intramolecular Hbond substituents is 1. The minimum atomic E-state index is -1.08. The summed E-state index contributed by atoms with van der Waals surface area (Å²) in [5.74, 6) is 0.0437. The maximum Gasteiger partial charge on any atom is 0.115 e. The lowest BCUT2D eigenvalue weighted by molar-refractivity contribution is 0.0640. The van der Waals surface area contributed by atoms with E-state index in [1.54, 1.807) is 12.1 Å². The van der Waals surface area contributed by atoms with Gasteiger partial charge in [-0.1, -0.05) is 12.1 Å². The molecule has 0 aliphatic heterocycles. The van der Waals surface area contributed by atoms with Crippen LogP contribution >= 0.6 is 0 Å². The van der Waals surface area contributed by atoms with Gasteiger partial charge in [-0.15, -0.1) is 0 Å². The van der Waals surface area contributed by atoms with Crippen LogP contribution in [0.15, 0.2) is 24.3 Å². The molecule has 0 bridgehead atoms. The topological polar surface area (TPSA) is 80.9 Å². The maximum absolute atomic E-state index is 9.22. The molecule has 0 aliphatic rings. The van der Waals surface area contributed by atoms with Gasteiger partial charge in [0.05, 0.1) is 25.2 Å². The molecular formula is C10H14O4. The standard InChI is InChI=1S/C10H14O4/c11-5-10(6-12,7-13)8-2-1-3-9(14)4-8/h1-4,11-14H,5-7H2. The molecule has 0 saturated carbocycles. The first-order valence-electron chi connectivity index (χ1n) is 4.30. The quantitative estimate of drug-likeness (QED) is 0.531. The molecule has 0 unspecified atom stereocenters. The Hall–Kier alpha value is -1.10. The van der Waals surface area contributed by atoms with Gasteiger partial charge in [-0.25, -0.2) is 0 Å². The highest BCUT2D eigenvalue weighted by Crippen LogP contribution is 2.25. The van der Waals surface area contributed by atoms with Gasteiger partial charge in [0.25, 0.3) is 0 Å². The summed E-state index contributed by atoms with van der Waals surface area (Å²) in [5.41, 5.74) is -0.566. The van der Waals surface area contributed by atoms with Crippen LogP contribution in [0.4, 0.5) is 0 Å². The van der Waals surface area contributed by atoms with Crippen molar-refractivity contribution in [2.45, 2.75) is 5.41 Å². The molecule has 14 heavy (non-hydrogen) atoms. The highest BCUT2D eigenvalue weighted by molar-refractivity contribution is 5.33. The van der Waals surface area contributed by atoms with Crippen molar-refractivity contribution >= 4 is 0 Å². The van der Waals surface area contributed by atoms with Crippen molar-refractivity contribution in [1.29, 1.82) is 0 Å². The van der Waals surface area contributed by atoms with Crippen LogP contribution in [0.2, 0.25) is 0 Å². The molecule has 1 aromatic carbocycles. The summed E-state index contributed by atoms with van der Waals surface area (Å²) in [5, 5.41) is 36.6. The van der Waals surface area contributed by atoms with Gasteiger partial charge in [-0.3, -0.25) is 0 Å². The van der Waals surface area contributed by atoms with Gasteiger partial charge in [-0.05, 0) is 17.7 Å². The van der Waals surface area contributed by atoms with Crippen LogP contribution in [0, 0.1) is 0 Å². The van der Waals surface area contributed by atoms with Crippen LogP contribution in [0.25, 0.3) is 0 Å². The lowest BCUT2D eigenvalue weighted by atomic mass is 9.83. The largest absolute Gasteiger partial charge is 0.508 e. The molecule has 0 amide bonds. The van der Waals surface area contributed by atoms with Crippen LogP contribution in [-0.2, 0) is 5.41 Å². The van der Waals surface area contributed by atoms with Crippen LogP contribution in [0.3, 0.4) is 0 Å². The number of phenols is 1. The first-order valence-corrected chi connectivity index (χ1v) is 4.30. The minimum Gasteiger partial charge on any atom is -0.508 e. The molecule has 0 saturated heterocycles. The van der Waals surface area contributed by atoms with E-state index >= 15 is 0 Å². The average molecular weight is 198 g/mol. The highest BCUT2D eigenvalue weighted by Gasteiger charge is 2.30. The van der Waals surface area contributed by atoms with Gasteiger partial charge in [0, 0.05) is 0 Å². The lowest BCUT2D eigenvalue weighted by Crippen LogP contribution is -2.38. The van der Waals surface area contributed by atoms with E-state index in [1.165, 1.54) is 12.1 Å². The fourth-order valence-corrected chi connectivity index (χ4v) is 1.26. The normalized spacial score (nSPS) is 11.6. The molecule has 78 valence electrons. The Morgan fingerprint density at radius 1 is 1.00 bits per heavy atom. The van der Waals surface area contributed by atoms with Crippen LogP contribution in [-0.4, -0.2) is 40.2 Å². The molecule has 0 radical (unpaired) electrons. The van der Waals surface area contributed by atoms with Gasteiger partial charge in [0.1, 0.15) is 5.75 Å². The van der Waals surface area contributed by atoms with Gasteiger partial charge >= 0.3 is 0 Å². The third-order valence-electron chi connectivity index (χ3n) is 2.37. The van der Waals surface area contributed by atoms with E-state index in [9.17, 15) is 5.11 Å². The SMILES string of the molecule is OCC(CO)(CO)c1cccc(O)c1. The fourth-order valence-electron chi connectivity index (χ4n) is 1.26. The first kappa shape index (κ1) is 11.0. The van der Waals surface area contributed by atoms with Crippen LogP contribution in [0.1, 0.15) is 5.56 Å². The zero-order valence-electron chi connectivity index (χ0n) is 7.72. The summed E-state index contributed by atoms with van der Waals surface area (Å²) in [6.07, 6.45) is 0. The van der Waals surface area contributed by atoms with Crippen molar-refractivity contribution in [3.8, 4) is 5.75 Å². The van der Waals surface area contributed by atoms with Crippen molar-refractivity contribution in [3.63, 3.8) is 0 Å². The van der Waals surface area contributed by atoms with Crippen molar-refractivity contribution in [2.24, 2.45) is 0 Å². The smallest absolute Gasteiger partial charge is 0.115 e. The molecule has 0 fully saturated rings. The van der Waals surface area contributed by atoms with E-state index in [2.05, 4.69) is 0 Å². The summed E-state index contributed by atoms with van der Waals surface area (Å²) in [6, 6.07) is 6.14. The summed E-state index contributed by atoms with van der Waals surface area (Å²) in [4.78, 5) is 0. The molecule has 4 N–H and O–H groups in total. The monoisotopic (exact) mass is 198 g/mol. The lowest BCUT2D eigenvalue weighted by Gasteiger charge is -2.27. The Labute approximate surface area is 82.1 Å². The molecule has 0 aromatic heterocycles. The maximum atomic E-state index is 9.22. The molecular weight excluding hydrogens is 184 g/mol. The molecule has 1 rings (SSSR count). The number of hydrogen-bond donors (Lipinski definition) is 4. The summed E-state index contributed by atoms with van der Waals surface area (Å²) in [7, 11) is 0. The molecule has 0 aliphatic carbocycles. The predicted molar refractivity (Wildman–Crippen MR) is 51.0 cm³/mol. The first-order chi connectivity index (χ1) is 6.68. The second kappa shape index (κ2) is 4.41. The van der Waals surface area contributed by atoms with Gasteiger partial charge in [0.15, 0.2) is 0 Å². The molecule has 0 heterocycles. The third kappa shape index (κ3) is 1.87. The van der Waals surface area contributed by atoms with Crippen molar-refractivity contribution in [3.05, 3.63) is 29.8 Å². The number of aromatic hydroxyl groups is 1. The summed E-state index contributed by atoms with van der Waals surface area (Å²) >= 11 is 0. The third-order valence-corrected chi connectivity index (χ3v) is 2.37. The molecule has 4 nitrogen and oxygen atoms in total. The van der Waals surface area contributed by atoms with E-state index in [4.69, 9.17) is 15.3 Å². The fraction of sp³-hybridized carbons (Fsp3) is 0.400. The van der Waals surface area contributed by atoms with Crippen molar-refractivity contribution in [2.75, 3.05) is 19.8 Å². The molecule has 0 atom stereocenters. The molecule has 1 aromatic rings. The van der Waals surface area contributed by atoms with E-state index < -0.39 is 5.41 Å². The predicted octanol–water partition coefficient (Wildman–Crippen LogP) is -0.393. The van der Waals surface area contributed by atoms with Crippen molar-refractivity contribution < 1.29 is 20.4 Å². The number of aliphatic hydroxyl groups is 3. The van der Waals surface area contributed by atoms with E-state index in [1.807, 2.05) is 0 Å². The second-order valence-corrected chi connectivity index (χ2v) is 3.31. The minimum absolute atomic E-state index is 0.0437. The number of benzene rings is 1. The summed E-state index contributed by atoms with van der Waals surface area (Å²) < 4.78 is 0. The Morgan fingerprint density at radius 3 is 2.00 bits per heavy atom. The number of aliphatic hydroxyl groups excluding tert-OH is 3. The van der Waals surface area contributed by atoms with E-state index in [0.29, 0.717) is 5.56 Å². The number of hydrogen-bond acceptors (Lipinski definition) is 4. The highest BCUT2D eigenvalue weighted by atomic mass is 16.3. The van der Waals surface area contributed by atoms with Crippen molar-refractivity contribution in [1.82, 2.24) is 0 Å². The van der Waals surface area contributed by atoms with Gasteiger partial charge in [0.2, 0.25) is 0 Å². The van der Waals surface area contributed by atoms with Crippen LogP contribution in [0.5, 0.6) is 5.75 Å². The Kier molecular flexibility index (Phi) is 3.46. The van der Waals surface area contributed by atoms with E-state index in [-0.39, 0.29) is 25.6 Å².